The van der Waals surface area contributed by atoms with Gasteiger partial charge < -0.3 is 9.15 Å². The maximum absolute atomic E-state index is 13.0. The zero-order valence-corrected chi connectivity index (χ0v) is 18.9. The molecule has 0 unspecified atom stereocenters. The normalized spacial score (nSPS) is 11.1. The van der Waals surface area contributed by atoms with Crippen molar-refractivity contribution in [1.82, 2.24) is 14.5 Å². The fourth-order valence-electron chi connectivity index (χ4n) is 3.45. The summed E-state index contributed by atoms with van der Waals surface area (Å²) >= 11 is 1.38. The van der Waals surface area contributed by atoms with Gasteiger partial charge in [-0.15, -0.1) is 0 Å². The molecule has 2 aromatic heterocycles. The van der Waals surface area contributed by atoms with Gasteiger partial charge in [0.25, 0.3) is 5.56 Å². The van der Waals surface area contributed by atoms with Gasteiger partial charge in [0.2, 0.25) is 5.89 Å². The topological polar surface area (TPSA) is 87.2 Å². The summed E-state index contributed by atoms with van der Waals surface area (Å²) in [6, 6.07) is 13.3. The van der Waals surface area contributed by atoms with Crippen molar-refractivity contribution in [3.63, 3.8) is 0 Å². The molecule has 0 saturated heterocycles. The zero-order chi connectivity index (χ0) is 22.7. The Balaban J connectivity index is 1.60. The number of rotatable bonds is 7. The van der Waals surface area contributed by atoms with Gasteiger partial charge in [0, 0.05) is 17.9 Å². The molecule has 0 aliphatic rings. The van der Waals surface area contributed by atoms with Crippen LogP contribution in [-0.4, -0.2) is 27.6 Å². The predicted molar refractivity (Wildman–Crippen MR) is 124 cm³/mol. The quantitative estimate of drug-likeness (QED) is 0.233. The Kier molecular flexibility index (Phi) is 6.41. The van der Waals surface area contributed by atoms with Crippen molar-refractivity contribution in [2.45, 2.75) is 37.7 Å². The summed E-state index contributed by atoms with van der Waals surface area (Å²) in [7, 11) is 1.33. The lowest BCUT2D eigenvalue weighted by Gasteiger charge is -2.12. The van der Waals surface area contributed by atoms with E-state index in [1.165, 1.54) is 29.0 Å². The highest BCUT2D eigenvalue weighted by Crippen LogP contribution is 2.27. The highest BCUT2D eigenvalue weighted by atomic mass is 32.2. The van der Waals surface area contributed by atoms with Crippen LogP contribution in [0, 0.1) is 13.8 Å². The first kappa shape index (κ1) is 21.8. The third-order valence-electron chi connectivity index (χ3n) is 5.11. The lowest BCUT2D eigenvalue weighted by Crippen LogP contribution is -2.24. The van der Waals surface area contributed by atoms with E-state index in [9.17, 15) is 9.59 Å². The van der Waals surface area contributed by atoms with Crippen molar-refractivity contribution in [1.29, 1.82) is 0 Å². The van der Waals surface area contributed by atoms with E-state index < -0.39 is 0 Å². The van der Waals surface area contributed by atoms with E-state index in [-0.39, 0.29) is 24.5 Å². The van der Waals surface area contributed by atoms with Gasteiger partial charge in [0.05, 0.1) is 30.1 Å². The summed E-state index contributed by atoms with van der Waals surface area (Å²) in [5.41, 5.74) is 4.40. The van der Waals surface area contributed by atoms with E-state index in [0.717, 1.165) is 16.8 Å². The van der Waals surface area contributed by atoms with Gasteiger partial charge >= 0.3 is 5.97 Å². The van der Waals surface area contributed by atoms with Crippen molar-refractivity contribution < 1.29 is 13.9 Å². The molecule has 2 aromatic carbocycles. The fourth-order valence-corrected chi connectivity index (χ4v) is 4.35. The Hall–Kier alpha value is -3.39. The first-order valence-electron chi connectivity index (χ1n) is 10.2. The van der Waals surface area contributed by atoms with Crippen molar-refractivity contribution in [3.05, 3.63) is 75.9 Å². The highest BCUT2D eigenvalue weighted by Gasteiger charge is 2.15. The molecule has 7 nitrogen and oxygen atoms in total. The summed E-state index contributed by atoms with van der Waals surface area (Å²) in [4.78, 5) is 34.0. The van der Waals surface area contributed by atoms with E-state index in [0.29, 0.717) is 27.7 Å². The number of para-hydroxylation sites is 1. The fraction of sp³-hybridized carbons (Fsp3) is 0.250. The number of methoxy groups -OCH3 is 1. The number of thioether (sulfide) groups is 1. The van der Waals surface area contributed by atoms with Crippen LogP contribution in [0.4, 0.5) is 0 Å². The van der Waals surface area contributed by atoms with Crippen LogP contribution in [0.15, 0.2) is 63.1 Å². The SMILES string of the molecule is COC(=O)CCn1c(SCc2coc(-c3ccc(C)cc3C)n2)nc2ccccc2c1=O. The van der Waals surface area contributed by atoms with Crippen molar-refractivity contribution in [2.24, 2.45) is 0 Å². The van der Waals surface area contributed by atoms with E-state index in [1.807, 2.05) is 32.0 Å². The first-order chi connectivity index (χ1) is 15.5. The smallest absolute Gasteiger partial charge is 0.307 e. The van der Waals surface area contributed by atoms with Gasteiger partial charge in [-0.3, -0.25) is 14.2 Å². The summed E-state index contributed by atoms with van der Waals surface area (Å²) in [6.07, 6.45) is 1.71. The third-order valence-corrected chi connectivity index (χ3v) is 6.12. The third kappa shape index (κ3) is 4.60. The lowest BCUT2D eigenvalue weighted by molar-refractivity contribution is -0.140. The molecule has 32 heavy (non-hydrogen) atoms. The van der Waals surface area contributed by atoms with Crippen LogP contribution in [-0.2, 0) is 21.8 Å². The predicted octanol–water partition coefficient (Wildman–Crippen LogP) is 4.52. The van der Waals surface area contributed by atoms with Crippen molar-refractivity contribution >= 4 is 28.6 Å². The molecule has 0 N–H and O–H groups in total. The Morgan fingerprint density at radius 1 is 1.16 bits per heavy atom. The van der Waals surface area contributed by atoms with Gasteiger partial charge in [0.15, 0.2) is 5.16 Å². The number of oxazole rings is 1. The van der Waals surface area contributed by atoms with Crippen LogP contribution >= 0.6 is 11.8 Å². The van der Waals surface area contributed by atoms with Crippen LogP contribution in [0.5, 0.6) is 0 Å². The molecule has 2 heterocycles. The van der Waals surface area contributed by atoms with Crippen LogP contribution in [0.25, 0.3) is 22.4 Å². The summed E-state index contributed by atoms with van der Waals surface area (Å²) in [5.74, 6) is 0.653. The number of carbonyl (C=O) groups excluding carboxylic acids is 1. The van der Waals surface area contributed by atoms with Crippen LogP contribution < -0.4 is 5.56 Å². The number of esters is 1. The van der Waals surface area contributed by atoms with Gasteiger partial charge in [-0.05, 0) is 37.6 Å². The lowest BCUT2D eigenvalue weighted by atomic mass is 10.1. The number of aryl methyl sites for hydroxylation is 2. The van der Waals surface area contributed by atoms with E-state index in [4.69, 9.17) is 9.15 Å². The van der Waals surface area contributed by atoms with E-state index >= 15 is 0 Å². The molecule has 0 amide bonds. The molecule has 4 aromatic rings. The summed E-state index contributed by atoms with van der Waals surface area (Å²) < 4.78 is 12.0. The second-order valence-electron chi connectivity index (χ2n) is 7.45. The second kappa shape index (κ2) is 9.40. The maximum atomic E-state index is 13.0. The number of benzene rings is 2. The number of hydrogen-bond acceptors (Lipinski definition) is 7. The van der Waals surface area contributed by atoms with Crippen molar-refractivity contribution in [2.75, 3.05) is 7.11 Å². The number of nitrogens with zero attached hydrogens (tertiary/aromatic N) is 3. The average molecular weight is 450 g/mol. The van der Waals surface area contributed by atoms with E-state index in [2.05, 4.69) is 16.0 Å². The largest absolute Gasteiger partial charge is 0.469 e. The first-order valence-corrected chi connectivity index (χ1v) is 11.2. The molecule has 4 rings (SSSR count). The number of ether oxygens (including phenoxy) is 1. The highest BCUT2D eigenvalue weighted by molar-refractivity contribution is 7.98. The van der Waals surface area contributed by atoms with Gasteiger partial charge in [-0.1, -0.05) is 41.6 Å². The number of aromatic nitrogens is 3. The van der Waals surface area contributed by atoms with Crippen molar-refractivity contribution in [3.8, 4) is 11.5 Å². The minimum absolute atomic E-state index is 0.0881. The maximum Gasteiger partial charge on any atom is 0.307 e. The second-order valence-corrected chi connectivity index (χ2v) is 8.39. The zero-order valence-electron chi connectivity index (χ0n) is 18.1. The number of carbonyl (C=O) groups is 1. The molecule has 0 radical (unpaired) electrons. The van der Waals surface area contributed by atoms with Gasteiger partial charge in [0.1, 0.15) is 6.26 Å². The molecule has 0 aliphatic carbocycles. The van der Waals surface area contributed by atoms with Crippen LogP contribution in [0.1, 0.15) is 23.2 Å². The molecule has 164 valence electrons. The molecular weight excluding hydrogens is 426 g/mol. The average Bonchev–Trinajstić information content (AvgIpc) is 3.25. The molecule has 0 bridgehead atoms. The summed E-state index contributed by atoms with van der Waals surface area (Å²) in [6.45, 7) is 4.27. The van der Waals surface area contributed by atoms with Gasteiger partial charge in [-0.25, -0.2) is 9.97 Å². The monoisotopic (exact) mass is 449 g/mol. The van der Waals surface area contributed by atoms with Crippen LogP contribution in [0.3, 0.4) is 0 Å². The minimum atomic E-state index is -0.379. The number of hydrogen-bond donors (Lipinski definition) is 0. The van der Waals surface area contributed by atoms with Gasteiger partial charge in [-0.2, -0.15) is 0 Å². The van der Waals surface area contributed by atoms with E-state index in [1.54, 1.807) is 24.5 Å². The molecule has 0 atom stereocenters. The Bertz CT molecular complexity index is 1340. The standard InChI is InChI=1S/C24H23N3O4S/c1-15-8-9-18(16(2)12-15)22-25-17(13-31-22)14-32-24-26-20-7-5-4-6-19(20)23(29)27(24)11-10-21(28)30-3/h4-9,12-13H,10-11,14H2,1-3H3. The molecule has 0 saturated carbocycles. The Labute approximate surface area is 189 Å². The molecule has 0 fully saturated rings. The minimum Gasteiger partial charge on any atom is -0.469 e. The van der Waals surface area contributed by atoms with Crippen LogP contribution in [0.2, 0.25) is 0 Å². The number of fused-ring (bicyclic) bond motifs is 1. The molecule has 8 heteroatoms. The summed E-state index contributed by atoms with van der Waals surface area (Å²) in [5, 5.41) is 1.04. The molecular formula is C24H23N3O4S. The Morgan fingerprint density at radius 2 is 1.97 bits per heavy atom. The molecule has 0 aliphatic heterocycles. The molecule has 0 spiro atoms. The Morgan fingerprint density at radius 3 is 2.75 bits per heavy atom.